The van der Waals surface area contributed by atoms with Crippen LogP contribution < -0.4 is 0 Å². The Morgan fingerprint density at radius 2 is 2.00 bits per heavy atom. The summed E-state index contributed by atoms with van der Waals surface area (Å²) >= 11 is 5.77. The van der Waals surface area contributed by atoms with Gasteiger partial charge >= 0.3 is 0 Å². The highest BCUT2D eigenvalue weighted by atomic mass is 35.5. The molecular formula is C9H8ClN4. The molecule has 0 atom stereocenters. The summed E-state index contributed by atoms with van der Waals surface area (Å²) < 4.78 is 1.64. The second kappa shape index (κ2) is 3.75. The van der Waals surface area contributed by atoms with Crippen LogP contribution in [-0.4, -0.2) is 20.2 Å². The van der Waals surface area contributed by atoms with Gasteiger partial charge < -0.3 is 0 Å². The van der Waals surface area contributed by atoms with Crippen LogP contribution in [0.4, 0.5) is 0 Å². The molecule has 5 heteroatoms. The Labute approximate surface area is 86.5 Å². The van der Waals surface area contributed by atoms with Gasteiger partial charge in [0.1, 0.15) is 0 Å². The number of rotatable bonds is 2. The Kier molecular flexibility index (Phi) is 2.45. The molecule has 1 heterocycles. The van der Waals surface area contributed by atoms with Crippen LogP contribution in [-0.2, 0) is 6.42 Å². The molecule has 0 amide bonds. The fraction of sp³-hybridized carbons (Fsp3) is 0.111. The van der Waals surface area contributed by atoms with Gasteiger partial charge in [0.15, 0.2) is 5.82 Å². The second-order valence-corrected chi connectivity index (χ2v) is 3.17. The van der Waals surface area contributed by atoms with Crippen LogP contribution in [0, 0.1) is 6.92 Å². The average molecular weight is 208 g/mol. The highest BCUT2D eigenvalue weighted by Gasteiger charge is 2.04. The highest BCUT2D eigenvalue weighted by Crippen LogP contribution is 2.13. The van der Waals surface area contributed by atoms with Gasteiger partial charge in [-0.3, -0.25) is 0 Å². The number of hydrogen-bond donors (Lipinski definition) is 0. The molecule has 0 fully saturated rings. The number of hydrogen-bond acceptors (Lipinski definition) is 3. The predicted octanol–water partition coefficient (Wildman–Crippen LogP) is 1.69. The summed E-state index contributed by atoms with van der Waals surface area (Å²) in [5.41, 5.74) is 0.887. The summed E-state index contributed by atoms with van der Waals surface area (Å²) in [7, 11) is 0. The van der Waals surface area contributed by atoms with E-state index >= 15 is 0 Å². The first-order chi connectivity index (χ1) is 6.81. The fourth-order valence-corrected chi connectivity index (χ4v) is 1.27. The van der Waals surface area contributed by atoms with Gasteiger partial charge in [-0.1, -0.05) is 11.6 Å². The van der Waals surface area contributed by atoms with Gasteiger partial charge in [0.2, 0.25) is 0 Å². The number of benzene rings is 1. The summed E-state index contributed by atoms with van der Waals surface area (Å²) in [4.78, 5) is 0. The lowest BCUT2D eigenvalue weighted by Crippen LogP contribution is -2.01. The van der Waals surface area contributed by atoms with Crippen molar-refractivity contribution in [3.63, 3.8) is 0 Å². The van der Waals surface area contributed by atoms with Gasteiger partial charge in [0.25, 0.3) is 0 Å². The molecule has 14 heavy (non-hydrogen) atoms. The zero-order valence-corrected chi connectivity index (χ0v) is 8.15. The Morgan fingerprint density at radius 3 is 2.64 bits per heavy atom. The van der Waals surface area contributed by atoms with E-state index in [2.05, 4.69) is 22.4 Å². The number of aromatic nitrogens is 4. The van der Waals surface area contributed by atoms with Crippen LogP contribution in [0.15, 0.2) is 24.3 Å². The van der Waals surface area contributed by atoms with Gasteiger partial charge in [0, 0.05) is 11.4 Å². The third-order valence-corrected chi connectivity index (χ3v) is 2.08. The smallest absolute Gasteiger partial charge is 0.156 e. The molecule has 1 aromatic heterocycles. The van der Waals surface area contributed by atoms with E-state index in [0.717, 1.165) is 11.5 Å². The van der Waals surface area contributed by atoms with E-state index in [1.165, 1.54) is 0 Å². The first kappa shape index (κ1) is 9.15. The van der Waals surface area contributed by atoms with Gasteiger partial charge in [0.05, 0.1) is 5.69 Å². The lowest BCUT2D eigenvalue weighted by molar-refractivity contribution is 0.772. The minimum atomic E-state index is 0.551. The summed E-state index contributed by atoms with van der Waals surface area (Å²) in [5, 5.41) is 12.0. The van der Waals surface area contributed by atoms with Crippen LogP contribution in [0.3, 0.4) is 0 Å². The van der Waals surface area contributed by atoms with Crippen molar-refractivity contribution in [2.45, 2.75) is 6.42 Å². The molecule has 0 aliphatic rings. The van der Waals surface area contributed by atoms with Gasteiger partial charge in [-0.2, -0.15) is 4.68 Å². The van der Waals surface area contributed by atoms with E-state index in [4.69, 9.17) is 11.6 Å². The molecule has 0 bridgehead atoms. The Hall–Kier alpha value is -1.42. The molecule has 4 nitrogen and oxygen atoms in total. The molecule has 1 radical (unpaired) electrons. The first-order valence-corrected chi connectivity index (χ1v) is 4.51. The van der Waals surface area contributed by atoms with Crippen molar-refractivity contribution in [2.24, 2.45) is 0 Å². The summed E-state index contributed by atoms with van der Waals surface area (Å²) in [6, 6.07) is 7.31. The minimum Gasteiger partial charge on any atom is -0.197 e. The molecule has 0 saturated heterocycles. The SMILES string of the molecule is [CH2]Cc1nnnn1-c1ccc(Cl)cc1. The number of halogens is 1. The topological polar surface area (TPSA) is 43.6 Å². The summed E-state index contributed by atoms with van der Waals surface area (Å²) in [6.07, 6.45) is 0.551. The van der Waals surface area contributed by atoms with Crippen LogP contribution in [0.5, 0.6) is 0 Å². The van der Waals surface area contributed by atoms with Crippen LogP contribution >= 0.6 is 11.6 Å². The maximum Gasteiger partial charge on any atom is 0.156 e. The molecule has 71 valence electrons. The van der Waals surface area contributed by atoms with E-state index in [1.807, 2.05) is 12.1 Å². The van der Waals surface area contributed by atoms with Crippen molar-refractivity contribution in [3.05, 3.63) is 42.0 Å². The molecule has 1 aromatic carbocycles. The molecule has 0 saturated carbocycles. The van der Waals surface area contributed by atoms with Crippen LogP contribution in [0.1, 0.15) is 5.82 Å². The summed E-state index contributed by atoms with van der Waals surface area (Å²) in [6.45, 7) is 3.74. The zero-order valence-electron chi connectivity index (χ0n) is 7.39. The molecular weight excluding hydrogens is 200 g/mol. The second-order valence-electron chi connectivity index (χ2n) is 2.73. The van der Waals surface area contributed by atoms with Crippen molar-refractivity contribution in [3.8, 4) is 5.69 Å². The third kappa shape index (κ3) is 1.61. The Bertz CT molecular complexity index is 421. The van der Waals surface area contributed by atoms with Crippen molar-refractivity contribution < 1.29 is 0 Å². The van der Waals surface area contributed by atoms with E-state index in [0.29, 0.717) is 11.4 Å². The van der Waals surface area contributed by atoms with Crippen molar-refractivity contribution in [2.75, 3.05) is 0 Å². The van der Waals surface area contributed by atoms with Crippen LogP contribution in [0.25, 0.3) is 5.69 Å². The van der Waals surface area contributed by atoms with Gasteiger partial charge in [-0.15, -0.1) is 5.10 Å². The number of nitrogens with zero attached hydrogens (tertiary/aromatic N) is 4. The first-order valence-electron chi connectivity index (χ1n) is 4.13. The zero-order chi connectivity index (χ0) is 9.97. The standard InChI is InChI=1S/C9H8ClN4/c1-2-9-11-12-13-14(9)8-5-3-7(10)4-6-8/h3-6H,1-2H2. The molecule has 0 aliphatic heterocycles. The minimum absolute atomic E-state index is 0.551. The fourth-order valence-electron chi connectivity index (χ4n) is 1.14. The van der Waals surface area contributed by atoms with Crippen LogP contribution in [0.2, 0.25) is 5.02 Å². The Balaban J connectivity index is 2.44. The molecule has 0 spiro atoms. The molecule has 0 N–H and O–H groups in total. The normalized spacial score (nSPS) is 10.4. The monoisotopic (exact) mass is 207 g/mol. The van der Waals surface area contributed by atoms with Crippen molar-refractivity contribution in [1.29, 1.82) is 0 Å². The Morgan fingerprint density at radius 1 is 1.29 bits per heavy atom. The average Bonchev–Trinajstić information content (AvgIpc) is 2.67. The van der Waals surface area contributed by atoms with Gasteiger partial charge in [-0.05, 0) is 41.6 Å². The number of tetrazole rings is 1. The maximum absolute atomic E-state index is 5.77. The molecule has 0 aliphatic carbocycles. The van der Waals surface area contributed by atoms with E-state index in [1.54, 1.807) is 16.8 Å². The molecule has 0 unspecified atom stereocenters. The predicted molar refractivity (Wildman–Crippen MR) is 53.2 cm³/mol. The quantitative estimate of drug-likeness (QED) is 0.753. The molecule has 2 rings (SSSR count). The highest BCUT2D eigenvalue weighted by molar-refractivity contribution is 6.30. The van der Waals surface area contributed by atoms with Crippen molar-refractivity contribution >= 4 is 11.6 Å². The molecule has 2 aromatic rings. The maximum atomic E-state index is 5.77. The van der Waals surface area contributed by atoms with E-state index in [9.17, 15) is 0 Å². The van der Waals surface area contributed by atoms with E-state index in [-0.39, 0.29) is 0 Å². The largest absolute Gasteiger partial charge is 0.197 e. The third-order valence-electron chi connectivity index (χ3n) is 1.83. The van der Waals surface area contributed by atoms with Crippen molar-refractivity contribution in [1.82, 2.24) is 20.2 Å². The lowest BCUT2D eigenvalue weighted by Gasteiger charge is -2.01. The summed E-state index contributed by atoms with van der Waals surface area (Å²) in [5.74, 6) is 0.729. The van der Waals surface area contributed by atoms with Gasteiger partial charge in [-0.25, -0.2) is 0 Å². The lowest BCUT2D eigenvalue weighted by atomic mass is 10.3. The van der Waals surface area contributed by atoms with E-state index < -0.39 is 0 Å².